The number of ether oxygens (including phenoxy) is 1. The van der Waals surface area contributed by atoms with Crippen molar-refractivity contribution in [3.05, 3.63) is 55.9 Å². The molecule has 1 N–H and O–H groups in total. The van der Waals surface area contributed by atoms with Crippen molar-refractivity contribution in [1.82, 2.24) is 0 Å². The lowest BCUT2D eigenvalue weighted by atomic mass is 10.2. The molecule has 1 amide bonds. The van der Waals surface area contributed by atoms with Gasteiger partial charge in [0.15, 0.2) is 0 Å². The first-order chi connectivity index (χ1) is 9.51. The highest BCUT2D eigenvalue weighted by atomic mass is 79.9. The zero-order valence-corrected chi connectivity index (χ0v) is 14.3. The number of hydrogen-bond donors (Lipinski definition) is 1. The molecule has 6 heteroatoms. The Morgan fingerprint density at radius 3 is 2.60 bits per heavy atom. The zero-order valence-electron chi connectivity index (χ0n) is 10.4. The van der Waals surface area contributed by atoms with Crippen LogP contribution in [0.1, 0.15) is 10.4 Å². The highest BCUT2D eigenvalue weighted by Crippen LogP contribution is 2.28. The third-order valence-electron chi connectivity index (χ3n) is 2.58. The first kappa shape index (κ1) is 15.4. The Labute approximate surface area is 138 Å². The van der Waals surface area contributed by atoms with Gasteiger partial charge >= 0.3 is 0 Å². The van der Waals surface area contributed by atoms with Gasteiger partial charge in [-0.05, 0) is 52.3 Å². The van der Waals surface area contributed by atoms with E-state index in [2.05, 4.69) is 37.2 Å². The van der Waals surface area contributed by atoms with Crippen LogP contribution in [0.15, 0.2) is 45.3 Å². The maximum atomic E-state index is 12.2. The van der Waals surface area contributed by atoms with Crippen LogP contribution in [0.25, 0.3) is 0 Å². The van der Waals surface area contributed by atoms with Gasteiger partial charge in [-0.2, -0.15) is 0 Å². The molecular formula is C14H10Br2ClNO2. The lowest BCUT2D eigenvalue weighted by molar-refractivity contribution is 0.102. The minimum Gasteiger partial charge on any atom is -0.496 e. The number of halogens is 3. The van der Waals surface area contributed by atoms with Crippen LogP contribution in [0.3, 0.4) is 0 Å². The summed E-state index contributed by atoms with van der Waals surface area (Å²) in [5.41, 5.74) is 1.06. The van der Waals surface area contributed by atoms with Gasteiger partial charge in [-0.25, -0.2) is 0 Å². The SMILES string of the molecule is COc1ccc(NC(=O)c2cc(Br)ccc2Cl)cc1Br. The molecule has 104 valence electrons. The van der Waals surface area contributed by atoms with Crippen LogP contribution < -0.4 is 10.1 Å². The molecule has 0 saturated heterocycles. The summed E-state index contributed by atoms with van der Waals surface area (Å²) in [6, 6.07) is 10.4. The smallest absolute Gasteiger partial charge is 0.257 e. The number of methoxy groups -OCH3 is 1. The van der Waals surface area contributed by atoms with Crippen molar-refractivity contribution in [1.29, 1.82) is 0 Å². The maximum absolute atomic E-state index is 12.2. The summed E-state index contributed by atoms with van der Waals surface area (Å²) >= 11 is 12.7. The Balaban J connectivity index is 2.23. The van der Waals surface area contributed by atoms with Gasteiger partial charge in [0, 0.05) is 10.2 Å². The number of benzene rings is 2. The fraction of sp³-hybridized carbons (Fsp3) is 0.0714. The molecule has 0 heterocycles. The molecule has 0 aliphatic heterocycles. The first-order valence-electron chi connectivity index (χ1n) is 5.61. The summed E-state index contributed by atoms with van der Waals surface area (Å²) in [4.78, 5) is 12.2. The van der Waals surface area contributed by atoms with E-state index in [1.54, 1.807) is 43.5 Å². The maximum Gasteiger partial charge on any atom is 0.257 e. The van der Waals surface area contributed by atoms with E-state index in [-0.39, 0.29) is 5.91 Å². The van der Waals surface area contributed by atoms with Gasteiger partial charge < -0.3 is 10.1 Å². The number of amides is 1. The van der Waals surface area contributed by atoms with Gasteiger partial charge in [-0.15, -0.1) is 0 Å². The number of nitrogens with one attached hydrogen (secondary N) is 1. The number of hydrogen-bond acceptors (Lipinski definition) is 2. The van der Waals surface area contributed by atoms with E-state index in [1.807, 2.05) is 0 Å². The minimum atomic E-state index is -0.270. The molecule has 0 atom stereocenters. The van der Waals surface area contributed by atoms with E-state index >= 15 is 0 Å². The molecule has 0 bridgehead atoms. The number of carbonyl (C=O) groups excluding carboxylic acids is 1. The quantitative estimate of drug-likeness (QED) is 0.749. The topological polar surface area (TPSA) is 38.3 Å². The van der Waals surface area contributed by atoms with E-state index in [0.29, 0.717) is 22.0 Å². The third-order valence-corrected chi connectivity index (χ3v) is 4.03. The summed E-state index contributed by atoms with van der Waals surface area (Å²) < 4.78 is 6.69. The van der Waals surface area contributed by atoms with E-state index in [4.69, 9.17) is 16.3 Å². The second kappa shape index (κ2) is 6.61. The molecule has 20 heavy (non-hydrogen) atoms. The molecular weight excluding hydrogens is 409 g/mol. The van der Waals surface area contributed by atoms with Crippen LogP contribution in [-0.2, 0) is 0 Å². The van der Waals surface area contributed by atoms with Gasteiger partial charge in [-0.1, -0.05) is 27.5 Å². The van der Waals surface area contributed by atoms with Crippen molar-refractivity contribution in [3.8, 4) is 5.75 Å². The second-order valence-electron chi connectivity index (χ2n) is 3.93. The predicted octanol–water partition coefficient (Wildman–Crippen LogP) is 5.13. The molecule has 2 aromatic carbocycles. The summed E-state index contributed by atoms with van der Waals surface area (Å²) in [6.45, 7) is 0. The third kappa shape index (κ3) is 3.53. The standard InChI is InChI=1S/C14H10Br2ClNO2/c1-20-13-5-3-9(7-11(13)16)18-14(19)10-6-8(15)2-4-12(10)17/h2-7H,1H3,(H,18,19). The molecule has 0 spiro atoms. The Kier molecular flexibility index (Phi) is 5.07. The number of carbonyl (C=O) groups is 1. The molecule has 0 aliphatic rings. The number of rotatable bonds is 3. The van der Waals surface area contributed by atoms with Crippen LogP contribution in [0.4, 0.5) is 5.69 Å². The van der Waals surface area contributed by atoms with E-state index in [0.717, 1.165) is 8.95 Å². The fourth-order valence-corrected chi connectivity index (χ4v) is 2.72. The van der Waals surface area contributed by atoms with E-state index in [1.165, 1.54) is 0 Å². The summed E-state index contributed by atoms with van der Waals surface area (Å²) in [7, 11) is 1.58. The van der Waals surface area contributed by atoms with Gasteiger partial charge in [0.05, 0.1) is 22.2 Å². The average molecular weight is 420 g/mol. The molecule has 0 fully saturated rings. The van der Waals surface area contributed by atoms with Crippen LogP contribution in [0.5, 0.6) is 5.75 Å². The van der Waals surface area contributed by atoms with E-state index < -0.39 is 0 Å². The Morgan fingerprint density at radius 1 is 1.20 bits per heavy atom. The van der Waals surface area contributed by atoms with Crippen molar-refractivity contribution in [2.24, 2.45) is 0 Å². The van der Waals surface area contributed by atoms with Gasteiger partial charge in [-0.3, -0.25) is 4.79 Å². The van der Waals surface area contributed by atoms with Crippen LogP contribution in [0.2, 0.25) is 5.02 Å². The lowest BCUT2D eigenvalue weighted by Crippen LogP contribution is -2.12. The molecule has 0 radical (unpaired) electrons. The molecule has 2 aromatic rings. The van der Waals surface area contributed by atoms with Gasteiger partial charge in [0.25, 0.3) is 5.91 Å². The van der Waals surface area contributed by atoms with Crippen molar-refractivity contribution in [2.75, 3.05) is 12.4 Å². The molecule has 0 saturated carbocycles. The normalized spacial score (nSPS) is 10.2. The van der Waals surface area contributed by atoms with Crippen LogP contribution >= 0.6 is 43.5 Å². The highest BCUT2D eigenvalue weighted by molar-refractivity contribution is 9.10. The Bertz CT molecular complexity index is 662. The van der Waals surface area contributed by atoms with Gasteiger partial charge in [0.2, 0.25) is 0 Å². The van der Waals surface area contributed by atoms with Gasteiger partial charge in [0.1, 0.15) is 5.75 Å². The van der Waals surface area contributed by atoms with Crippen molar-refractivity contribution in [2.45, 2.75) is 0 Å². The largest absolute Gasteiger partial charge is 0.496 e. The minimum absolute atomic E-state index is 0.270. The molecule has 0 aromatic heterocycles. The van der Waals surface area contributed by atoms with Crippen molar-refractivity contribution in [3.63, 3.8) is 0 Å². The summed E-state index contributed by atoms with van der Waals surface area (Å²) in [6.07, 6.45) is 0. The Hall–Kier alpha value is -1.04. The monoisotopic (exact) mass is 417 g/mol. The molecule has 3 nitrogen and oxygen atoms in total. The Morgan fingerprint density at radius 2 is 1.95 bits per heavy atom. The summed E-state index contributed by atoms with van der Waals surface area (Å²) in [5.74, 6) is 0.428. The average Bonchev–Trinajstić information content (AvgIpc) is 2.41. The molecule has 2 rings (SSSR count). The molecule has 0 unspecified atom stereocenters. The van der Waals surface area contributed by atoms with Crippen LogP contribution in [0, 0.1) is 0 Å². The number of anilines is 1. The predicted molar refractivity (Wildman–Crippen MR) is 87.8 cm³/mol. The van der Waals surface area contributed by atoms with Crippen LogP contribution in [-0.4, -0.2) is 13.0 Å². The molecule has 0 aliphatic carbocycles. The highest BCUT2D eigenvalue weighted by Gasteiger charge is 2.12. The van der Waals surface area contributed by atoms with Crippen molar-refractivity contribution >= 4 is 55.1 Å². The van der Waals surface area contributed by atoms with E-state index in [9.17, 15) is 4.79 Å². The zero-order chi connectivity index (χ0) is 14.7. The summed E-state index contributed by atoms with van der Waals surface area (Å²) in [5, 5.41) is 3.19. The first-order valence-corrected chi connectivity index (χ1v) is 7.57. The van der Waals surface area contributed by atoms with Crippen molar-refractivity contribution < 1.29 is 9.53 Å². The lowest BCUT2D eigenvalue weighted by Gasteiger charge is -2.09. The fourth-order valence-electron chi connectivity index (χ4n) is 1.61. The second-order valence-corrected chi connectivity index (χ2v) is 6.10.